The Balaban J connectivity index is 2.48. The van der Waals surface area contributed by atoms with Gasteiger partial charge in [0.15, 0.2) is 5.57 Å². The number of hydrogen-bond donors (Lipinski definition) is 1. The highest BCUT2D eigenvalue weighted by Gasteiger charge is 2.40. The second-order valence-electron chi connectivity index (χ2n) is 5.18. The molecule has 0 aromatic rings. The highest BCUT2D eigenvalue weighted by Crippen LogP contribution is 2.25. The predicted octanol–water partition coefficient (Wildman–Crippen LogP) is 1.92. The molecule has 1 aliphatic rings. The van der Waals surface area contributed by atoms with E-state index in [0.717, 1.165) is 0 Å². The standard InChI is InChI=1S/C15H20O7/c1-4-9-20-11(17)8-6-5-7-10(16)12-13(18)21-15(2,3)22-14(12)19/h4,16H,1,5-9H2,2-3H3. The van der Waals surface area contributed by atoms with Crippen LogP contribution in [0.25, 0.3) is 0 Å². The molecular weight excluding hydrogens is 292 g/mol. The number of rotatable bonds is 7. The second-order valence-corrected chi connectivity index (χ2v) is 5.18. The van der Waals surface area contributed by atoms with Crippen LogP contribution in [0.3, 0.4) is 0 Å². The number of esters is 3. The van der Waals surface area contributed by atoms with E-state index in [9.17, 15) is 19.5 Å². The Morgan fingerprint density at radius 1 is 1.23 bits per heavy atom. The van der Waals surface area contributed by atoms with Crippen LogP contribution in [0.2, 0.25) is 0 Å². The Bertz CT molecular complexity index is 480. The third-order valence-corrected chi connectivity index (χ3v) is 2.78. The van der Waals surface area contributed by atoms with Gasteiger partial charge in [0.1, 0.15) is 12.4 Å². The molecule has 1 rings (SSSR count). The Morgan fingerprint density at radius 2 is 1.77 bits per heavy atom. The zero-order chi connectivity index (χ0) is 16.8. The van der Waals surface area contributed by atoms with E-state index in [0.29, 0.717) is 12.8 Å². The first-order valence-corrected chi connectivity index (χ1v) is 6.92. The third-order valence-electron chi connectivity index (χ3n) is 2.78. The van der Waals surface area contributed by atoms with Crippen LogP contribution >= 0.6 is 0 Å². The molecule has 0 aromatic carbocycles. The fraction of sp³-hybridized carbons (Fsp3) is 0.533. The van der Waals surface area contributed by atoms with Gasteiger partial charge in [-0.1, -0.05) is 12.7 Å². The van der Waals surface area contributed by atoms with Gasteiger partial charge < -0.3 is 19.3 Å². The smallest absolute Gasteiger partial charge is 0.352 e. The molecule has 0 amide bonds. The molecule has 0 aromatic heterocycles. The van der Waals surface area contributed by atoms with Crippen molar-refractivity contribution in [2.75, 3.05) is 6.61 Å². The largest absolute Gasteiger partial charge is 0.511 e. The third kappa shape index (κ3) is 5.23. The maximum atomic E-state index is 11.7. The molecule has 1 saturated heterocycles. The number of carbonyl (C=O) groups excluding carboxylic acids is 3. The van der Waals surface area contributed by atoms with E-state index in [1.165, 1.54) is 19.9 Å². The molecule has 122 valence electrons. The van der Waals surface area contributed by atoms with Crippen LogP contribution in [0.4, 0.5) is 0 Å². The van der Waals surface area contributed by atoms with Gasteiger partial charge in [0.05, 0.1) is 0 Å². The molecule has 0 radical (unpaired) electrons. The number of ether oxygens (including phenoxy) is 3. The lowest BCUT2D eigenvalue weighted by Crippen LogP contribution is -2.42. The van der Waals surface area contributed by atoms with E-state index in [1.54, 1.807) is 0 Å². The SMILES string of the molecule is C=CCOC(=O)CCCCC(O)=C1C(=O)OC(C)(C)OC1=O. The Hall–Kier alpha value is -2.31. The number of aliphatic hydroxyl groups excluding tert-OH is 1. The maximum absolute atomic E-state index is 11.7. The molecule has 1 aliphatic heterocycles. The molecule has 0 unspecified atom stereocenters. The van der Waals surface area contributed by atoms with Gasteiger partial charge in [0.2, 0.25) is 0 Å². The van der Waals surface area contributed by atoms with Gasteiger partial charge in [-0.25, -0.2) is 9.59 Å². The van der Waals surface area contributed by atoms with Crippen LogP contribution in [0.5, 0.6) is 0 Å². The van der Waals surface area contributed by atoms with Crippen LogP contribution in [-0.4, -0.2) is 35.4 Å². The summed E-state index contributed by atoms with van der Waals surface area (Å²) in [6.07, 6.45) is 2.56. The molecule has 1 heterocycles. The van der Waals surface area contributed by atoms with Crippen LogP contribution in [-0.2, 0) is 28.6 Å². The lowest BCUT2D eigenvalue weighted by atomic mass is 10.1. The molecule has 0 bridgehead atoms. The summed E-state index contributed by atoms with van der Waals surface area (Å²) in [5.74, 6) is -3.93. The molecule has 7 heteroatoms. The van der Waals surface area contributed by atoms with E-state index in [4.69, 9.17) is 14.2 Å². The summed E-state index contributed by atoms with van der Waals surface area (Å²) >= 11 is 0. The topological polar surface area (TPSA) is 99.1 Å². The highest BCUT2D eigenvalue weighted by molar-refractivity contribution is 6.15. The average molecular weight is 312 g/mol. The summed E-state index contributed by atoms with van der Waals surface area (Å²) in [7, 11) is 0. The normalized spacial score (nSPS) is 16.5. The number of aliphatic hydroxyl groups is 1. The van der Waals surface area contributed by atoms with Crippen LogP contribution in [0.15, 0.2) is 24.0 Å². The zero-order valence-electron chi connectivity index (χ0n) is 12.7. The highest BCUT2D eigenvalue weighted by atomic mass is 16.7. The van der Waals surface area contributed by atoms with Crippen molar-refractivity contribution in [3.8, 4) is 0 Å². The Morgan fingerprint density at radius 3 is 2.32 bits per heavy atom. The van der Waals surface area contributed by atoms with Crippen molar-refractivity contribution in [3.05, 3.63) is 24.0 Å². The summed E-state index contributed by atoms with van der Waals surface area (Å²) in [4.78, 5) is 34.6. The van der Waals surface area contributed by atoms with Gasteiger partial charge in [-0.15, -0.1) is 0 Å². The Kier molecular flexibility index (Phi) is 6.15. The zero-order valence-corrected chi connectivity index (χ0v) is 12.7. The molecular formula is C15H20O7. The summed E-state index contributed by atoms with van der Waals surface area (Å²) in [6.45, 7) is 6.42. The summed E-state index contributed by atoms with van der Waals surface area (Å²) in [5.41, 5.74) is -0.492. The van der Waals surface area contributed by atoms with Crippen molar-refractivity contribution in [2.24, 2.45) is 0 Å². The van der Waals surface area contributed by atoms with Crippen molar-refractivity contribution in [3.63, 3.8) is 0 Å². The minimum absolute atomic E-state index is 0.0642. The number of cyclic esters (lactones) is 2. The lowest BCUT2D eigenvalue weighted by molar-refractivity contribution is -0.222. The molecule has 7 nitrogen and oxygen atoms in total. The number of hydrogen-bond acceptors (Lipinski definition) is 7. The predicted molar refractivity (Wildman–Crippen MR) is 75.5 cm³/mol. The molecule has 0 spiro atoms. The molecule has 0 saturated carbocycles. The van der Waals surface area contributed by atoms with E-state index in [2.05, 4.69) is 6.58 Å². The summed E-state index contributed by atoms with van der Waals surface area (Å²) in [6, 6.07) is 0. The molecule has 1 N–H and O–H groups in total. The first-order valence-electron chi connectivity index (χ1n) is 6.92. The maximum Gasteiger partial charge on any atom is 0.352 e. The van der Waals surface area contributed by atoms with Crippen molar-refractivity contribution in [1.29, 1.82) is 0 Å². The fourth-order valence-electron chi connectivity index (χ4n) is 1.80. The molecule has 0 atom stereocenters. The van der Waals surface area contributed by atoms with Crippen molar-refractivity contribution in [2.45, 2.75) is 45.3 Å². The fourth-order valence-corrected chi connectivity index (χ4v) is 1.80. The molecule has 0 aliphatic carbocycles. The van der Waals surface area contributed by atoms with Gasteiger partial charge in [-0.3, -0.25) is 4.79 Å². The lowest BCUT2D eigenvalue weighted by Gasteiger charge is -2.30. The first-order chi connectivity index (χ1) is 10.3. The van der Waals surface area contributed by atoms with Crippen LogP contribution in [0.1, 0.15) is 39.5 Å². The van der Waals surface area contributed by atoms with Gasteiger partial charge >= 0.3 is 17.9 Å². The molecule has 22 heavy (non-hydrogen) atoms. The van der Waals surface area contributed by atoms with E-state index < -0.39 is 29.1 Å². The summed E-state index contributed by atoms with van der Waals surface area (Å²) in [5, 5.41) is 9.84. The second kappa shape index (κ2) is 7.63. The molecule has 1 fully saturated rings. The quantitative estimate of drug-likeness (QED) is 0.191. The van der Waals surface area contributed by atoms with Crippen LogP contribution in [0, 0.1) is 0 Å². The summed E-state index contributed by atoms with van der Waals surface area (Å²) < 4.78 is 14.6. The van der Waals surface area contributed by atoms with E-state index in [1.807, 2.05) is 0 Å². The monoisotopic (exact) mass is 312 g/mol. The van der Waals surface area contributed by atoms with Crippen molar-refractivity contribution in [1.82, 2.24) is 0 Å². The van der Waals surface area contributed by atoms with Gasteiger partial charge in [-0.05, 0) is 12.8 Å². The minimum atomic E-state index is -1.34. The minimum Gasteiger partial charge on any atom is -0.511 e. The van der Waals surface area contributed by atoms with E-state index in [-0.39, 0.29) is 25.4 Å². The van der Waals surface area contributed by atoms with E-state index >= 15 is 0 Å². The van der Waals surface area contributed by atoms with Gasteiger partial charge in [0.25, 0.3) is 5.79 Å². The van der Waals surface area contributed by atoms with Crippen LogP contribution < -0.4 is 0 Å². The number of unbranched alkanes of at least 4 members (excludes halogenated alkanes) is 1. The number of allylic oxidation sites excluding steroid dienone is 1. The van der Waals surface area contributed by atoms with Crippen molar-refractivity contribution >= 4 is 17.9 Å². The van der Waals surface area contributed by atoms with Gasteiger partial charge in [-0.2, -0.15) is 0 Å². The Labute approximate surface area is 128 Å². The average Bonchev–Trinajstić information content (AvgIpc) is 2.39. The number of carbonyl (C=O) groups is 3. The van der Waals surface area contributed by atoms with Crippen molar-refractivity contribution < 1.29 is 33.7 Å². The first kappa shape index (κ1) is 17.7. The van der Waals surface area contributed by atoms with Gasteiger partial charge in [0, 0.05) is 26.7 Å².